The van der Waals surface area contributed by atoms with Crippen molar-refractivity contribution in [3.63, 3.8) is 0 Å². The van der Waals surface area contributed by atoms with Gasteiger partial charge in [-0.1, -0.05) is 13.8 Å². The average molecular weight is 435 g/mol. The standard InChI is InChI=1S/C16H26N4O6S2/c1-12-8-13(2)11-19(10-12)28(25,26)18-7-6-17-15-5-4-14(27(3,23)24)9-16(15)20(21)22/h4-5,9,12-13,17-18H,6-8,10-11H2,1-3H3/t12-,13+. The highest BCUT2D eigenvalue weighted by atomic mass is 32.2. The molecule has 1 saturated heterocycles. The van der Waals surface area contributed by atoms with Gasteiger partial charge >= 0.3 is 0 Å². The summed E-state index contributed by atoms with van der Waals surface area (Å²) in [5, 5.41) is 14.0. The molecular formula is C16H26N4O6S2. The van der Waals surface area contributed by atoms with Gasteiger partial charge < -0.3 is 5.32 Å². The van der Waals surface area contributed by atoms with Gasteiger partial charge in [0.05, 0.1) is 9.82 Å². The number of nitrogens with zero attached hydrogens (tertiary/aromatic N) is 2. The smallest absolute Gasteiger partial charge is 0.293 e. The van der Waals surface area contributed by atoms with Gasteiger partial charge in [0.15, 0.2) is 9.84 Å². The topological polar surface area (TPSA) is 139 Å². The minimum Gasteiger partial charge on any atom is -0.378 e. The Hall–Kier alpha value is -1.76. The highest BCUT2D eigenvalue weighted by molar-refractivity contribution is 7.90. The molecule has 1 aliphatic heterocycles. The molecule has 2 atom stereocenters. The summed E-state index contributed by atoms with van der Waals surface area (Å²) in [5.74, 6) is 0.573. The van der Waals surface area contributed by atoms with Crippen molar-refractivity contribution < 1.29 is 21.8 Å². The lowest BCUT2D eigenvalue weighted by Gasteiger charge is -2.33. The van der Waals surface area contributed by atoms with Gasteiger partial charge in [-0.25, -0.2) is 13.1 Å². The number of sulfone groups is 1. The summed E-state index contributed by atoms with van der Waals surface area (Å²) < 4.78 is 51.9. The maximum Gasteiger partial charge on any atom is 0.293 e. The fraction of sp³-hybridized carbons (Fsp3) is 0.625. The number of rotatable bonds is 8. The SMILES string of the molecule is C[C@@H]1C[C@H](C)CN(S(=O)(=O)NCCNc2ccc(S(C)(=O)=O)cc2[N+](=O)[O-])C1. The van der Waals surface area contributed by atoms with Crippen LogP contribution in [0.3, 0.4) is 0 Å². The zero-order valence-electron chi connectivity index (χ0n) is 16.1. The molecule has 0 aromatic heterocycles. The van der Waals surface area contributed by atoms with Crippen LogP contribution in [0.5, 0.6) is 0 Å². The number of anilines is 1. The summed E-state index contributed by atoms with van der Waals surface area (Å²) in [7, 11) is -7.20. The van der Waals surface area contributed by atoms with Crippen molar-refractivity contribution in [2.24, 2.45) is 11.8 Å². The Bertz CT molecular complexity index is 922. The van der Waals surface area contributed by atoms with Crippen LogP contribution in [0, 0.1) is 22.0 Å². The van der Waals surface area contributed by atoms with Crippen molar-refractivity contribution in [2.75, 3.05) is 37.8 Å². The summed E-state index contributed by atoms with van der Waals surface area (Å²) in [4.78, 5) is 10.4. The highest BCUT2D eigenvalue weighted by Crippen LogP contribution is 2.27. The predicted octanol–water partition coefficient (Wildman–Crippen LogP) is 1.22. The molecule has 28 heavy (non-hydrogen) atoms. The number of hydrogen-bond donors (Lipinski definition) is 2. The lowest BCUT2D eigenvalue weighted by atomic mass is 9.94. The van der Waals surface area contributed by atoms with E-state index < -0.39 is 25.0 Å². The van der Waals surface area contributed by atoms with Crippen molar-refractivity contribution in [1.29, 1.82) is 0 Å². The maximum atomic E-state index is 12.4. The lowest BCUT2D eigenvalue weighted by molar-refractivity contribution is -0.384. The molecular weight excluding hydrogens is 408 g/mol. The van der Waals surface area contributed by atoms with Gasteiger partial charge in [-0.2, -0.15) is 12.7 Å². The number of piperidine rings is 1. The van der Waals surface area contributed by atoms with E-state index in [4.69, 9.17) is 0 Å². The molecule has 0 saturated carbocycles. The van der Waals surface area contributed by atoms with E-state index in [1.54, 1.807) is 0 Å². The largest absolute Gasteiger partial charge is 0.378 e. The van der Waals surface area contributed by atoms with E-state index in [2.05, 4.69) is 10.0 Å². The first-order valence-electron chi connectivity index (χ1n) is 8.87. The third-order valence-corrected chi connectivity index (χ3v) is 7.15. The normalized spacial score (nSPS) is 21.4. The van der Waals surface area contributed by atoms with Gasteiger partial charge in [0.1, 0.15) is 5.69 Å². The van der Waals surface area contributed by atoms with Crippen LogP contribution < -0.4 is 10.0 Å². The molecule has 158 valence electrons. The number of benzene rings is 1. The molecule has 2 N–H and O–H groups in total. The second kappa shape index (κ2) is 8.72. The average Bonchev–Trinajstić information content (AvgIpc) is 2.57. The predicted molar refractivity (Wildman–Crippen MR) is 106 cm³/mol. The molecule has 0 amide bonds. The van der Waals surface area contributed by atoms with Gasteiger partial charge in [-0.05, 0) is 30.4 Å². The first-order valence-corrected chi connectivity index (χ1v) is 12.2. The Balaban J connectivity index is 1.98. The molecule has 10 nitrogen and oxygen atoms in total. The summed E-state index contributed by atoms with van der Waals surface area (Å²) in [6.45, 7) is 5.10. The van der Waals surface area contributed by atoms with Crippen molar-refractivity contribution in [3.8, 4) is 0 Å². The van der Waals surface area contributed by atoms with E-state index in [1.165, 1.54) is 16.4 Å². The monoisotopic (exact) mass is 434 g/mol. The Morgan fingerprint density at radius 1 is 1.14 bits per heavy atom. The van der Waals surface area contributed by atoms with Crippen molar-refractivity contribution in [3.05, 3.63) is 28.3 Å². The van der Waals surface area contributed by atoms with Gasteiger partial charge in [0, 0.05) is 38.5 Å². The molecule has 1 aromatic rings. The van der Waals surface area contributed by atoms with Crippen LogP contribution in [-0.2, 0) is 20.0 Å². The van der Waals surface area contributed by atoms with E-state index in [1.807, 2.05) is 13.8 Å². The molecule has 0 aliphatic carbocycles. The highest BCUT2D eigenvalue weighted by Gasteiger charge is 2.30. The Kier molecular flexibility index (Phi) is 7.02. The summed E-state index contributed by atoms with van der Waals surface area (Å²) in [6, 6.07) is 3.56. The van der Waals surface area contributed by atoms with Crippen LogP contribution in [0.2, 0.25) is 0 Å². The minimum atomic E-state index is -3.63. The van der Waals surface area contributed by atoms with Crippen LogP contribution in [0.15, 0.2) is 23.1 Å². The Morgan fingerprint density at radius 3 is 2.29 bits per heavy atom. The van der Waals surface area contributed by atoms with E-state index in [0.717, 1.165) is 18.7 Å². The zero-order chi connectivity index (χ0) is 21.1. The van der Waals surface area contributed by atoms with Crippen LogP contribution in [0.1, 0.15) is 20.3 Å². The molecule has 0 radical (unpaired) electrons. The molecule has 1 aromatic carbocycles. The molecule has 1 aliphatic rings. The summed E-state index contributed by atoms with van der Waals surface area (Å²) in [6.07, 6.45) is 1.96. The van der Waals surface area contributed by atoms with E-state index >= 15 is 0 Å². The van der Waals surface area contributed by atoms with Crippen molar-refractivity contribution in [1.82, 2.24) is 9.03 Å². The van der Waals surface area contributed by atoms with Crippen LogP contribution in [0.4, 0.5) is 11.4 Å². The van der Waals surface area contributed by atoms with Crippen LogP contribution >= 0.6 is 0 Å². The number of nitro groups is 1. The Labute approximate surface area is 165 Å². The number of hydrogen-bond acceptors (Lipinski definition) is 7. The van der Waals surface area contributed by atoms with E-state index in [-0.39, 0.29) is 41.2 Å². The molecule has 0 unspecified atom stereocenters. The number of nitro benzene ring substituents is 1. The van der Waals surface area contributed by atoms with Crippen molar-refractivity contribution >= 4 is 31.4 Å². The van der Waals surface area contributed by atoms with E-state index in [9.17, 15) is 26.9 Å². The van der Waals surface area contributed by atoms with Crippen molar-refractivity contribution in [2.45, 2.75) is 25.2 Å². The fourth-order valence-electron chi connectivity index (χ4n) is 3.31. The quantitative estimate of drug-likeness (QED) is 0.356. The molecule has 0 bridgehead atoms. The van der Waals surface area contributed by atoms with Crippen LogP contribution in [0.25, 0.3) is 0 Å². The second-order valence-corrected chi connectivity index (χ2v) is 11.1. The van der Waals surface area contributed by atoms with Gasteiger partial charge in [-0.15, -0.1) is 0 Å². The lowest BCUT2D eigenvalue weighted by Crippen LogP contribution is -2.48. The number of nitrogens with one attached hydrogen (secondary N) is 2. The molecule has 12 heteroatoms. The van der Waals surface area contributed by atoms with E-state index in [0.29, 0.717) is 13.1 Å². The third-order valence-electron chi connectivity index (χ3n) is 4.49. The first kappa shape index (κ1) is 22.5. The summed E-state index contributed by atoms with van der Waals surface area (Å²) in [5.41, 5.74) is -0.263. The van der Waals surface area contributed by atoms with Gasteiger partial charge in [0.25, 0.3) is 15.9 Å². The fourth-order valence-corrected chi connectivity index (χ4v) is 5.40. The third kappa shape index (κ3) is 5.87. The molecule has 1 fully saturated rings. The molecule has 0 spiro atoms. The Morgan fingerprint density at radius 2 is 1.75 bits per heavy atom. The second-order valence-electron chi connectivity index (χ2n) is 7.30. The zero-order valence-corrected chi connectivity index (χ0v) is 17.7. The molecule has 1 heterocycles. The minimum absolute atomic E-state index is 0.0343. The van der Waals surface area contributed by atoms with Crippen LogP contribution in [-0.4, -0.2) is 58.5 Å². The maximum absolute atomic E-state index is 12.4. The first-order chi connectivity index (χ1) is 12.9. The molecule has 2 rings (SSSR count). The van der Waals surface area contributed by atoms with Gasteiger partial charge in [-0.3, -0.25) is 10.1 Å². The van der Waals surface area contributed by atoms with Gasteiger partial charge in [0.2, 0.25) is 0 Å². The summed E-state index contributed by atoms with van der Waals surface area (Å²) >= 11 is 0.